The van der Waals surface area contributed by atoms with E-state index in [1.807, 2.05) is 0 Å². The van der Waals surface area contributed by atoms with E-state index in [1.165, 1.54) is 0 Å². The fraction of sp³-hybridized carbons (Fsp3) is 0.769. The number of esters is 1. The Morgan fingerprint density at radius 2 is 1.95 bits per heavy atom. The predicted octanol–water partition coefficient (Wildman–Crippen LogP) is -1.45. The fourth-order valence-corrected chi connectivity index (χ4v) is 2.09. The number of carboxylic acid groups (broad SMARTS) is 2. The van der Waals surface area contributed by atoms with Crippen molar-refractivity contribution < 1.29 is 34.4 Å². The van der Waals surface area contributed by atoms with Crippen LogP contribution in [0.5, 0.6) is 0 Å². The van der Waals surface area contributed by atoms with Gasteiger partial charge in [0.1, 0.15) is 12.1 Å². The summed E-state index contributed by atoms with van der Waals surface area (Å²) in [5.74, 6) is -2.87. The summed E-state index contributed by atoms with van der Waals surface area (Å²) in [6, 6.07) is -1.28. The minimum Gasteiger partial charge on any atom is -0.480 e. The van der Waals surface area contributed by atoms with E-state index in [4.69, 9.17) is 20.1 Å². The largest absolute Gasteiger partial charge is 0.480 e. The van der Waals surface area contributed by atoms with Crippen molar-refractivity contribution in [2.45, 2.75) is 43.9 Å². The molecular weight excluding hydrogens is 296 g/mol. The number of nitrogens with one attached hydrogen (secondary N) is 2. The first-order chi connectivity index (χ1) is 10.4. The Hall–Kier alpha value is -1.71. The molecule has 1 aliphatic rings. The maximum Gasteiger partial charge on any atom is 0.332 e. The normalized spacial score (nSPS) is 20.3. The van der Waals surface area contributed by atoms with Crippen molar-refractivity contribution in [3.63, 3.8) is 0 Å². The maximum atomic E-state index is 11.6. The Balaban J connectivity index is 2.24. The van der Waals surface area contributed by atoms with Gasteiger partial charge in [-0.2, -0.15) is 0 Å². The first-order valence-electron chi connectivity index (χ1n) is 7.19. The average molecular weight is 318 g/mol. The average Bonchev–Trinajstić information content (AvgIpc) is 2.99. The molecule has 1 aliphatic heterocycles. The van der Waals surface area contributed by atoms with Crippen LogP contribution >= 0.6 is 0 Å². The number of rotatable bonds is 10. The van der Waals surface area contributed by atoms with Crippen molar-refractivity contribution in [1.82, 2.24) is 10.6 Å². The van der Waals surface area contributed by atoms with Crippen LogP contribution in [0, 0.1) is 0 Å². The fourth-order valence-electron chi connectivity index (χ4n) is 2.09. The van der Waals surface area contributed by atoms with Crippen molar-refractivity contribution in [3.05, 3.63) is 0 Å². The number of carboxylic acids is 2. The molecule has 3 atom stereocenters. The molecule has 9 nitrogen and oxygen atoms in total. The first-order valence-corrected chi connectivity index (χ1v) is 7.19. The lowest BCUT2D eigenvalue weighted by molar-refractivity contribution is -0.148. The molecule has 0 bridgehead atoms. The quantitative estimate of drug-likeness (QED) is 0.305. The number of aliphatic hydroxyl groups excluding tert-OH is 1. The zero-order chi connectivity index (χ0) is 16.5. The lowest BCUT2D eigenvalue weighted by Crippen LogP contribution is -2.40. The van der Waals surface area contributed by atoms with Crippen LogP contribution in [0.1, 0.15) is 25.7 Å². The van der Waals surface area contributed by atoms with E-state index in [-0.39, 0.29) is 38.0 Å². The SMILES string of the molecule is O=C(O)C(O)CCNC(CCOC(=O)[C@@H]1CCCN1)C(=O)O. The monoisotopic (exact) mass is 318 g/mol. The molecule has 22 heavy (non-hydrogen) atoms. The highest BCUT2D eigenvalue weighted by molar-refractivity contribution is 5.76. The molecule has 1 fully saturated rings. The summed E-state index contributed by atoms with van der Waals surface area (Å²) in [6.45, 7) is 0.760. The Labute approximate surface area is 127 Å². The van der Waals surface area contributed by atoms with Gasteiger partial charge in [-0.15, -0.1) is 0 Å². The van der Waals surface area contributed by atoms with Gasteiger partial charge in [0, 0.05) is 6.42 Å². The maximum absolute atomic E-state index is 11.6. The Kier molecular flexibility index (Phi) is 7.78. The van der Waals surface area contributed by atoms with Crippen LogP contribution in [0.2, 0.25) is 0 Å². The van der Waals surface area contributed by atoms with Crippen molar-refractivity contribution in [3.8, 4) is 0 Å². The van der Waals surface area contributed by atoms with Gasteiger partial charge in [0.25, 0.3) is 0 Å². The summed E-state index contributed by atoms with van der Waals surface area (Å²) in [4.78, 5) is 33.1. The van der Waals surface area contributed by atoms with Gasteiger partial charge >= 0.3 is 17.9 Å². The molecule has 0 aliphatic carbocycles. The molecule has 1 rings (SSSR count). The van der Waals surface area contributed by atoms with E-state index in [0.717, 1.165) is 13.0 Å². The minimum absolute atomic E-state index is 0.0303. The van der Waals surface area contributed by atoms with Crippen LogP contribution in [0.4, 0.5) is 0 Å². The molecular formula is C13H22N2O7. The van der Waals surface area contributed by atoms with Crippen LogP contribution < -0.4 is 10.6 Å². The Morgan fingerprint density at radius 1 is 1.23 bits per heavy atom. The summed E-state index contributed by atoms with van der Waals surface area (Å²) < 4.78 is 5.02. The van der Waals surface area contributed by atoms with Gasteiger partial charge < -0.3 is 30.7 Å². The zero-order valence-corrected chi connectivity index (χ0v) is 12.2. The first kappa shape index (κ1) is 18.3. The molecule has 0 spiro atoms. The van der Waals surface area contributed by atoms with Crippen molar-refractivity contribution >= 4 is 17.9 Å². The smallest absolute Gasteiger partial charge is 0.332 e. The highest BCUT2D eigenvalue weighted by Gasteiger charge is 2.24. The second-order valence-corrected chi connectivity index (χ2v) is 5.09. The zero-order valence-electron chi connectivity index (χ0n) is 12.2. The highest BCUT2D eigenvalue weighted by Crippen LogP contribution is 2.07. The molecule has 2 unspecified atom stereocenters. The number of aliphatic hydroxyl groups is 1. The molecule has 0 amide bonds. The molecule has 5 N–H and O–H groups in total. The van der Waals surface area contributed by atoms with E-state index in [2.05, 4.69) is 10.6 Å². The van der Waals surface area contributed by atoms with Gasteiger partial charge in [0.05, 0.1) is 6.61 Å². The molecule has 0 aromatic heterocycles. The molecule has 0 aromatic carbocycles. The molecule has 9 heteroatoms. The van der Waals surface area contributed by atoms with Crippen LogP contribution in [-0.2, 0) is 19.1 Å². The number of carbonyl (C=O) groups is 3. The summed E-state index contributed by atoms with van der Waals surface area (Å²) in [7, 11) is 0. The van der Waals surface area contributed by atoms with Gasteiger partial charge in [0.15, 0.2) is 6.10 Å². The summed E-state index contributed by atoms with van der Waals surface area (Å²) in [5, 5.41) is 32.2. The van der Waals surface area contributed by atoms with Gasteiger partial charge in [-0.3, -0.25) is 9.59 Å². The van der Waals surface area contributed by atoms with Crippen LogP contribution in [0.3, 0.4) is 0 Å². The molecule has 0 radical (unpaired) electrons. The van der Waals surface area contributed by atoms with E-state index in [0.29, 0.717) is 6.42 Å². The summed E-state index contributed by atoms with van der Waals surface area (Å²) in [6.07, 6.45) is 0.0486. The van der Waals surface area contributed by atoms with E-state index in [9.17, 15) is 14.4 Å². The molecule has 0 aromatic rings. The standard InChI is InChI=1S/C13H22N2O7/c16-10(12(19)20)3-6-15-8(11(17)18)4-7-22-13(21)9-2-1-5-14-9/h8-10,14-16H,1-7H2,(H,17,18)(H,19,20)/t8?,9-,10?/m0/s1. The summed E-state index contributed by atoms with van der Waals surface area (Å²) in [5.41, 5.74) is 0. The third kappa shape index (κ3) is 6.37. The number of ether oxygens (including phenoxy) is 1. The Morgan fingerprint density at radius 3 is 2.50 bits per heavy atom. The molecule has 126 valence electrons. The van der Waals surface area contributed by atoms with Crippen LogP contribution in [-0.4, -0.2) is 71.1 Å². The van der Waals surface area contributed by atoms with E-state index < -0.39 is 24.1 Å². The number of carbonyl (C=O) groups excluding carboxylic acids is 1. The van der Waals surface area contributed by atoms with Crippen molar-refractivity contribution in [2.24, 2.45) is 0 Å². The summed E-state index contributed by atoms with van der Waals surface area (Å²) >= 11 is 0. The highest BCUT2D eigenvalue weighted by atomic mass is 16.5. The predicted molar refractivity (Wildman–Crippen MR) is 74.3 cm³/mol. The number of aliphatic carboxylic acids is 2. The lowest BCUT2D eigenvalue weighted by atomic mass is 10.2. The molecule has 1 heterocycles. The second-order valence-electron chi connectivity index (χ2n) is 5.09. The molecule has 1 saturated heterocycles. The number of hydrogen-bond acceptors (Lipinski definition) is 7. The topological polar surface area (TPSA) is 145 Å². The van der Waals surface area contributed by atoms with Gasteiger partial charge in [-0.05, 0) is 32.4 Å². The second kappa shape index (κ2) is 9.34. The minimum atomic E-state index is -1.53. The Bertz CT molecular complexity index is 396. The van der Waals surface area contributed by atoms with Crippen LogP contribution in [0.25, 0.3) is 0 Å². The van der Waals surface area contributed by atoms with E-state index in [1.54, 1.807) is 0 Å². The van der Waals surface area contributed by atoms with E-state index >= 15 is 0 Å². The lowest BCUT2D eigenvalue weighted by Gasteiger charge is -2.16. The van der Waals surface area contributed by atoms with Gasteiger partial charge in [0.2, 0.25) is 0 Å². The molecule has 0 saturated carbocycles. The van der Waals surface area contributed by atoms with Crippen molar-refractivity contribution in [2.75, 3.05) is 19.7 Å². The van der Waals surface area contributed by atoms with Gasteiger partial charge in [-0.1, -0.05) is 0 Å². The third-order valence-electron chi connectivity index (χ3n) is 3.39. The third-order valence-corrected chi connectivity index (χ3v) is 3.39. The van der Waals surface area contributed by atoms with Gasteiger partial charge in [-0.25, -0.2) is 4.79 Å². The van der Waals surface area contributed by atoms with Crippen LogP contribution in [0.15, 0.2) is 0 Å². The number of hydrogen-bond donors (Lipinski definition) is 5. The van der Waals surface area contributed by atoms with Crippen molar-refractivity contribution in [1.29, 1.82) is 0 Å².